The van der Waals surface area contributed by atoms with Crippen LogP contribution in [0.2, 0.25) is 0 Å². The Hall–Kier alpha value is -2.04. The third-order valence-corrected chi connectivity index (χ3v) is 3.64. The summed E-state index contributed by atoms with van der Waals surface area (Å²) in [5, 5.41) is 11.7. The zero-order chi connectivity index (χ0) is 16.7. The van der Waals surface area contributed by atoms with Crippen molar-refractivity contribution in [1.29, 1.82) is 0 Å². The number of carboxylic acids is 1. The molecule has 1 rings (SSSR count). The summed E-state index contributed by atoms with van der Waals surface area (Å²) in [7, 11) is 2.02. The van der Waals surface area contributed by atoms with E-state index in [1.165, 1.54) is 0 Å². The first kappa shape index (κ1) is 18.0. The summed E-state index contributed by atoms with van der Waals surface area (Å²) in [6.07, 6.45) is 2.25. The van der Waals surface area contributed by atoms with Gasteiger partial charge >= 0.3 is 5.97 Å². The molecule has 0 bridgehead atoms. The molecule has 0 fully saturated rings. The average Bonchev–Trinajstić information content (AvgIpc) is 2.49. The minimum absolute atomic E-state index is 0.166. The van der Waals surface area contributed by atoms with Crippen molar-refractivity contribution in [2.24, 2.45) is 5.92 Å². The highest BCUT2D eigenvalue weighted by molar-refractivity contribution is 5.96. The maximum absolute atomic E-state index is 12.1. The van der Waals surface area contributed by atoms with Gasteiger partial charge in [-0.3, -0.25) is 4.79 Å². The minimum Gasteiger partial charge on any atom is -0.480 e. The number of aliphatic carboxylic acids is 1. The van der Waals surface area contributed by atoms with Gasteiger partial charge in [0.2, 0.25) is 0 Å². The highest BCUT2D eigenvalue weighted by Gasteiger charge is 2.23. The average molecular weight is 306 g/mol. The molecule has 0 radical (unpaired) electrons. The predicted octanol–water partition coefficient (Wildman–Crippen LogP) is 2.76. The number of carboxylic acid groups (broad SMARTS) is 1. The molecule has 0 aliphatic rings. The number of anilines is 1. The van der Waals surface area contributed by atoms with Crippen LogP contribution in [-0.4, -0.2) is 36.6 Å². The van der Waals surface area contributed by atoms with Crippen molar-refractivity contribution in [2.75, 3.05) is 18.5 Å². The highest BCUT2D eigenvalue weighted by atomic mass is 16.4. The number of rotatable bonds is 8. The van der Waals surface area contributed by atoms with Crippen molar-refractivity contribution >= 4 is 17.6 Å². The second kappa shape index (κ2) is 8.41. The monoisotopic (exact) mass is 306 g/mol. The summed E-state index contributed by atoms with van der Waals surface area (Å²) in [6.45, 7) is 6.65. The van der Waals surface area contributed by atoms with Gasteiger partial charge in [0, 0.05) is 24.8 Å². The van der Waals surface area contributed by atoms with E-state index in [4.69, 9.17) is 5.11 Å². The van der Waals surface area contributed by atoms with Crippen LogP contribution in [0.25, 0.3) is 0 Å². The van der Waals surface area contributed by atoms with E-state index < -0.39 is 12.0 Å². The first-order valence-electron chi connectivity index (χ1n) is 7.71. The van der Waals surface area contributed by atoms with Crippen LogP contribution in [-0.2, 0) is 4.79 Å². The van der Waals surface area contributed by atoms with Gasteiger partial charge in [-0.15, -0.1) is 0 Å². The SMILES string of the molecule is CCCCN(C)c1ccc(C(=O)N[C@@H](C(=O)O)C(C)C)cc1. The number of hydrogen-bond donors (Lipinski definition) is 2. The van der Waals surface area contributed by atoms with Crippen molar-refractivity contribution < 1.29 is 14.7 Å². The van der Waals surface area contributed by atoms with Crippen LogP contribution in [0.5, 0.6) is 0 Å². The van der Waals surface area contributed by atoms with Crippen molar-refractivity contribution in [3.8, 4) is 0 Å². The van der Waals surface area contributed by atoms with E-state index in [1.807, 2.05) is 19.2 Å². The molecule has 2 N–H and O–H groups in total. The molecular formula is C17H26N2O3. The van der Waals surface area contributed by atoms with E-state index in [-0.39, 0.29) is 11.8 Å². The van der Waals surface area contributed by atoms with E-state index in [2.05, 4.69) is 17.1 Å². The smallest absolute Gasteiger partial charge is 0.326 e. The molecule has 5 heteroatoms. The van der Waals surface area contributed by atoms with E-state index in [0.717, 1.165) is 25.1 Å². The van der Waals surface area contributed by atoms with Gasteiger partial charge in [-0.25, -0.2) is 4.79 Å². The Bertz CT molecular complexity index is 497. The number of nitrogens with zero attached hydrogens (tertiary/aromatic N) is 1. The van der Waals surface area contributed by atoms with Crippen LogP contribution in [0, 0.1) is 5.92 Å². The molecule has 0 aromatic heterocycles. The zero-order valence-corrected chi connectivity index (χ0v) is 13.8. The molecule has 0 spiro atoms. The Morgan fingerprint density at radius 2 is 1.82 bits per heavy atom. The molecule has 0 aliphatic heterocycles. The summed E-state index contributed by atoms with van der Waals surface area (Å²) in [5.41, 5.74) is 1.52. The van der Waals surface area contributed by atoms with Crippen LogP contribution in [0.3, 0.4) is 0 Å². The quantitative estimate of drug-likeness (QED) is 0.775. The lowest BCUT2D eigenvalue weighted by Gasteiger charge is -2.20. The second-order valence-electron chi connectivity index (χ2n) is 5.86. The molecular weight excluding hydrogens is 280 g/mol. The van der Waals surface area contributed by atoms with Crippen molar-refractivity contribution in [3.63, 3.8) is 0 Å². The lowest BCUT2D eigenvalue weighted by Crippen LogP contribution is -2.44. The van der Waals surface area contributed by atoms with Gasteiger partial charge in [0.05, 0.1) is 0 Å². The molecule has 1 aromatic carbocycles. The third-order valence-electron chi connectivity index (χ3n) is 3.64. The van der Waals surface area contributed by atoms with Crippen LogP contribution < -0.4 is 10.2 Å². The first-order chi connectivity index (χ1) is 10.4. The Morgan fingerprint density at radius 1 is 1.23 bits per heavy atom. The molecule has 5 nitrogen and oxygen atoms in total. The largest absolute Gasteiger partial charge is 0.480 e. The van der Waals surface area contributed by atoms with Gasteiger partial charge in [0.25, 0.3) is 5.91 Å². The van der Waals surface area contributed by atoms with Crippen LogP contribution >= 0.6 is 0 Å². The summed E-state index contributed by atoms with van der Waals surface area (Å²) in [4.78, 5) is 25.4. The third kappa shape index (κ3) is 5.06. The number of carbonyl (C=O) groups excluding carboxylic acids is 1. The fraction of sp³-hybridized carbons (Fsp3) is 0.529. The number of benzene rings is 1. The Balaban J connectivity index is 2.73. The summed E-state index contributed by atoms with van der Waals surface area (Å²) in [6, 6.07) is 6.35. The van der Waals surface area contributed by atoms with Gasteiger partial charge in [0.1, 0.15) is 6.04 Å². The molecule has 1 amide bonds. The van der Waals surface area contributed by atoms with Gasteiger partial charge in [-0.2, -0.15) is 0 Å². The van der Waals surface area contributed by atoms with Crippen molar-refractivity contribution in [3.05, 3.63) is 29.8 Å². The van der Waals surface area contributed by atoms with Gasteiger partial charge in [-0.05, 0) is 36.6 Å². The zero-order valence-electron chi connectivity index (χ0n) is 13.8. The molecule has 0 saturated carbocycles. The molecule has 0 heterocycles. The number of carbonyl (C=O) groups is 2. The number of unbranched alkanes of at least 4 members (excludes halogenated alkanes) is 1. The summed E-state index contributed by atoms with van der Waals surface area (Å²) in [5.74, 6) is -1.54. The fourth-order valence-electron chi connectivity index (χ4n) is 2.13. The fourth-order valence-corrected chi connectivity index (χ4v) is 2.13. The molecule has 1 aromatic rings. The van der Waals surface area contributed by atoms with Gasteiger partial charge < -0.3 is 15.3 Å². The molecule has 0 aliphatic carbocycles. The van der Waals surface area contributed by atoms with Gasteiger partial charge in [0.15, 0.2) is 0 Å². The maximum Gasteiger partial charge on any atom is 0.326 e. The van der Waals surface area contributed by atoms with E-state index in [1.54, 1.807) is 26.0 Å². The van der Waals surface area contributed by atoms with Crippen molar-refractivity contribution in [1.82, 2.24) is 5.32 Å². The van der Waals surface area contributed by atoms with Crippen molar-refractivity contribution in [2.45, 2.75) is 39.7 Å². The highest BCUT2D eigenvalue weighted by Crippen LogP contribution is 2.15. The normalized spacial score (nSPS) is 12.0. The summed E-state index contributed by atoms with van der Waals surface area (Å²) >= 11 is 0. The standard InChI is InChI=1S/C17H26N2O3/c1-5-6-11-19(4)14-9-7-13(8-10-14)16(20)18-15(12(2)3)17(21)22/h7-10,12,15H,5-6,11H2,1-4H3,(H,18,20)(H,21,22)/t15-/m1/s1. The lowest BCUT2D eigenvalue weighted by atomic mass is 10.0. The van der Waals surface area contributed by atoms with Crippen LogP contribution in [0.4, 0.5) is 5.69 Å². The van der Waals surface area contributed by atoms with Crippen LogP contribution in [0.1, 0.15) is 44.0 Å². The topological polar surface area (TPSA) is 69.6 Å². The molecule has 0 saturated heterocycles. The Morgan fingerprint density at radius 3 is 2.27 bits per heavy atom. The minimum atomic E-state index is -1.01. The number of amides is 1. The van der Waals surface area contributed by atoms with Crippen LogP contribution in [0.15, 0.2) is 24.3 Å². The van der Waals surface area contributed by atoms with E-state index in [0.29, 0.717) is 5.56 Å². The molecule has 22 heavy (non-hydrogen) atoms. The molecule has 0 unspecified atom stereocenters. The number of hydrogen-bond acceptors (Lipinski definition) is 3. The maximum atomic E-state index is 12.1. The summed E-state index contributed by atoms with van der Waals surface area (Å²) < 4.78 is 0. The molecule has 1 atom stereocenters. The predicted molar refractivity (Wildman–Crippen MR) is 88.3 cm³/mol. The second-order valence-corrected chi connectivity index (χ2v) is 5.86. The Labute approximate surface area is 132 Å². The van der Waals surface area contributed by atoms with E-state index in [9.17, 15) is 9.59 Å². The first-order valence-corrected chi connectivity index (χ1v) is 7.71. The van der Waals surface area contributed by atoms with E-state index >= 15 is 0 Å². The number of nitrogens with one attached hydrogen (secondary N) is 1. The van der Waals surface area contributed by atoms with Gasteiger partial charge in [-0.1, -0.05) is 27.2 Å². The Kier molecular flexibility index (Phi) is 6.89. The molecule has 122 valence electrons. The lowest BCUT2D eigenvalue weighted by molar-refractivity contribution is -0.140.